The monoisotopic (exact) mass is 664 g/mol. The summed E-state index contributed by atoms with van der Waals surface area (Å²) in [6.45, 7) is 11.6. The summed E-state index contributed by atoms with van der Waals surface area (Å²) in [4.78, 5) is 2.45. The van der Waals surface area contributed by atoms with Crippen molar-refractivity contribution in [3.63, 3.8) is 0 Å². The third kappa shape index (κ3) is 4.99. The van der Waals surface area contributed by atoms with Gasteiger partial charge in [-0.05, 0) is 99.3 Å². The first-order chi connectivity index (χ1) is 24.1. The Morgan fingerprint density at radius 1 is 0.540 bits per heavy atom. The van der Waals surface area contributed by atoms with Crippen molar-refractivity contribution in [1.29, 1.82) is 0 Å². The van der Waals surface area contributed by atoms with E-state index in [1.54, 1.807) is 0 Å². The third-order valence-corrected chi connectivity index (χ3v) is 11.7. The smallest absolute Gasteiger partial charge is 0.0476 e. The highest BCUT2D eigenvalue weighted by Gasteiger charge is 2.35. The number of nitrogens with zero attached hydrogens (tertiary/aromatic N) is 1. The fraction of sp³-hybridized carbons (Fsp3) is 0.149. The van der Waals surface area contributed by atoms with Crippen LogP contribution in [0.4, 0.5) is 28.4 Å². The van der Waals surface area contributed by atoms with E-state index < -0.39 is 0 Å². The van der Waals surface area contributed by atoms with Crippen molar-refractivity contribution < 1.29 is 0 Å². The summed E-state index contributed by atoms with van der Waals surface area (Å²) in [5.41, 5.74) is 12.5. The molecule has 0 fully saturated rings. The normalized spacial score (nSPS) is 13.5. The molecule has 244 valence electrons. The summed E-state index contributed by atoms with van der Waals surface area (Å²) in [6.07, 6.45) is 0. The quantitative estimate of drug-likeness (QED) is 0.197. The first-order valence-electron chi connectivity index (χ1n) is 17.5. The number of benzene rings is 7. The Bertz CT molecular complexity index is 2600. The van der Waals surface area contributed by atoms with Gasteiger partial charge in [-0.15, -0.1) is 11.3 Å². The standard InChI is InChI=1S/C47H40N2S/c1-46(2,3)31-14-11-15-33(26-31)49(34-21-23-38-37-17-8-9-18-41(37)47(4,5)42(38)28-34)35-22-24-39-40-27-32(20-25-44(40)50-45(39)29-35)48-43-19-10-13-30-12-6-7-16-36(30)43/h6-29,48H,1-5H3. The second kappa shape index (κ2) is 11.3. The topological polar surface area (TPSA) is 15.3 Å². The lowest BCUT2D eigenvalue weighted by Crippen LogP contribution is -2.17. The van der Waals surface area contributed by atoms with Gasteiger partial charge in [0.15, 0.2) is 0 Å². The van der Waals surface area contributed by atoms with Crippen LogP contribution in [0.1, 0.15) is 51.3 Å². The van der Waals surface area contributed by atoms with E-state index in [1.165, 1.54) is 70.1 Å². The molecular formula is C47H40N2S. The number of hydrogen-bond donors (Lipinski definition) is 1. The molecule has 0 saturated carbocycles. The molecule has 50 heavy (non-hydrogen) atoms. The SMILES string of the molecule is CC(C)(C)c1cccc(N(c2ccc3c(c2)C(C)(C)c2ccccc2-3)c2ccc3c(c2)sc2ccc(Nc4cccc5ccccc45)cc23)c1. The van der Waals surface area contributed by atoms with Crippen LogP contribution in [0.15, 0.2) is 146 Å². The summed E-state index contributed by atoms with van der Waals surface area (Å²) in [6, 6.07) is 53.8. The summed E-state index contributed by atoms with van der Waals surface area (Å²) in [5.74, 6) is 0. The molecule has 8 aromatic rings. The maximum atomic E-state index is 3.71. The number of anilines is 5. The van der Waals surface area contributed by atoms with Crippen molar-refractivity contribution in [3.8, 4) is 11.1 Å². The number of thiophene rings is 1. The average molecular weight is 665 g/mol. The molecule has 0 unspecified atom stereocenters. The Balaban J connectivity index is 1.16. The van der Waals surface area contributed by atoms with E-state index in [9.17, 15) is 0 Å². The Hall–Kier alpha value is -5.38. The highest BCUT2D eigenvalue weighted by atomic mass is 32.1. The lowest BCUT2D eigenvalue weighted by molar-refractivity contribution is 0.590. The first kappa shape index (κ1) is 30.7. The molecule has 0 aliphatic heterocycles. The molecule has 0 spiro atoms. The fourth-order valence-electron chi connectivity index (χ4n) is 7.86. The van der Waals surface area contributed by atoms with Crippen molar-refractivity contribution in [2.24, 2.45) is 0 Å². The Labute approximate surface area is 298 Å². The van der Waals surface area contributed by atoms with Crippen molar-refractivity contribution in [3.05, 3.63) is 162 Å². The van der Waals surface area contributed by atoms with Gasteiger partial charge in [-0.2, -0.15) is 0 Å². The zero-order valence-electron chi connectivity index (χ0n) is 29.2. The van der Waals surface area contributed by atoms with Crippen LogP contribution in [-0.2, 0) is 10.8 Å². The van der Waals surface area contributed by atoms with Crippen LogP contribution in [0.3, 0.4) is 0 Å². The molecule has 0 radical (unpaired) electrons. The largest absolute Gasteiger partial charge is 0.355 e. The predicted molar refractivity (Wildman–Crippen MR) is 218 cm³/mol. The molecule has 1 N–H and O–H groups in total. The number of hydrogen-bond acceptors (Lipinski definition) is 3. The number of fused-ring (bicyclic) bond motifs is 7. The molecule has 0 saturated heterocycles. The zero-order valence-corrected chi connectivity index (χ0v) is 30.0. The highest BCUT2D eigenvalue weighted by Crippen LogP contribution is 2.51. The van der Waals surface area contributed by atoms with E-state index in [4.69, 9.17) is 0 Å². The minimum Gasteiger partial charge on any atom is -0.355 e. The van der Waals surface area contributed by atoms with Crippen LogP contribution in [0, 0.1) is 0 Å². The van der Waals surface area contributed by atoms with Gasteiger partial charge in [0, 0.05) is 59.4 Å². The van der Waals surface area contributed by atoms with Crippen molar-refractivity contribution in [2.75, 3.05) is 10.2 Å². The van der Waals surface area contributed by atoms with Crippen LogP contribution < -0.4 is 10.2 Å². The molecule has 2 nitrogen and oxygen atoms in total. The molecule has 7 aromatic carbocycles. The van der Waals surface area contributed by atoms with E-state index in [2.05, 4.69) is 190 Å². The van der Waals surface area contributed by atoms with Crippen LogP contribution in [0.5, 0.6) is 0 Å². The van der Waals surface area contributed by atoms with Gasteiger partial charge in [-0.1, -0.05) is 120 Å². The minimum absolute atomic E-state index is 0.0382. The van der Waals surface area contributed by atoms with Crippen LogP contribution in [-0.4, -0.2) is 0 Å². The molecule has 0 atom stereocenters. The lowest BCUT2D eigenvalue weighted by atomic mass is 9.82. The van der Waals surface area contributed by atoms with Gasteiger partial charge in [-0.3, -0.25) is 0 Å². The molecule has 0 amide bonds. The second-order valence-electron chi connectivity index (χ2n) is 15.2. The molecule has 3 heteroatoms. The van der Waals surface area contributed by atoms with E-state index in [0.717, 1.165) is 17.1 Å². The fourth-order valence-corrected chi connectivity index (χ4v) is 8.98. The Morgan fingerprint density at radius 2 is 1.26 bits per heavy atom. The Kier molecular flexibility index (Phi) is 6.95. The third-order valence-electron chi connectivity index (χ3n) is 10.6. The summed E-state index contributed by atoms with van der Waals surface area (Å²) >= 11 is 1.87. The van der Waals surface area contributed by atoms with Crippen LogP contribution >= 0.6 is 11.3 Å². The van der Waals surface area contributed by atoms with Gasteiger partial charge < -0.3 is 10.2 Å². The maximum absolute atomic E-state index is 3.71. The molecule has 1 aromatic heterocycles. The molecule has 9 rings (SSSR count). The number of rotatable bonds is 5. The van der Waals surface area contributed by atoms with E-state index in [1.807, 2.05) is 11.3 Å². The predicted octanol–water partition coefficient (Wildman–Crippen LogP) is 14.0. The molecule has 1 heterocycles. The minimum atomic E-state index is -0.0753. The van der Waals surface area contributed by atoms with E-state index in [0.29, 0.717) is 0 Å². The van der Waals surface area contributed by atoms with E-state index >= 15 is 0 Å². The van der Waals surface area contributed by atoms with Gasteiger partial charge in [0.1, 0.15) is 0 Å². The van der Waals surface area contributed by atoms with Crippen LogP contribution in [0.2, 0.25) is 0 Å². The van der Waals surface area contributed by atoms with Gasteiger partial charge in [0.2, 0.25) is 0 Å². The van der Waals surface area contributed by atoms with Gasteiger partial charge in [0.25, 0.3) is 0 Å². The summed E-state index contributed by atoms with van der Waals surface area (Å²) in [7, 11) is 0. The summed E-state index contributed by atoms with van der Waals surface area (Å²) < 4.78 is 2.57. The van der Waals surface area contributed by atoms with Crippen molar-refractivity contribution in [2.45, 2.75) is 45.4 Å². The summed E-state index contributed by atoms with van der Waals surface area (Å²) in [5, 5.41) is 8.74. The van der Waals surface area contributed by atoms with Gasteiger partial charge in [-0.25, -0.2) is 0 Å². The maximum Gasteiger partial charge on any atom is 0.0476 e. The molecular weight excluding hydrogens is 625 g/mol. The van der Waals surface area contributed by atoms with Crippen LogP contribution in [0.25, 0.3) is 42.1 Å². The van der Waals surface area contributed by atoms with E-state index in [-0.39, 0.29) is 10.8 Å². The van der Waals surface area contributed by atoms with Gasteiger partial charge >= 0.3 is 0 Å². The van der Waals surface area contributed by atoms with Crippen molar-refractivity contribution in [1.82, 2.24) is 0 Å². The molecule has 0 bridgehead atoms. The van der Waals surface area contributed by atoms with Gasteiger partial charge in [0.05, 0.1) is 0 Å². The number of nitrogens with one attached hydrogen (secondary N) is 1. The second-order valence-corrected chi connectivity index (χ2v) is 16.3. The zero-order chi connectivity index (χ0) is 34.2. The average Bonchev–Trinajstić information content (AvgIpc) is 3.59. The highest BCUT2D eigenvalue weighted by molar-refractivity contribution is 7.25. The van der Waals surface area contributed by atoms with Crippen molar-refractivity contribution >= 4 is 70.7 Å². The molecule has 1 aliphatic rings. The lowest BCUT2D eigenvalue weighted by Gasteiger charge is -2.29. The molecule has 1 aliphatic carbocycles. The first-order valence-corrected chi connectivity index (χ1v) is 18.3. The Morgan fingerprint density at radius 3 is 2.14 bits per heavy atom.